The van der Waals surface area contributed by atoms with Crippen LogP contribution in [-0.2, 0) is 11.3 Å². The van der Waals surface area contributed by atoms with Crippen LogP contribution in [0.25, 0.3) is 27.2 Å². The number of anilines is 1. The quantitative estimate of drug-likeness (QED) is 0.222. The summed E-state index contributed by atoms with van der Waals surface area (Å²) >= 11 is 1.16. The second kappa shape index (κ2) is 8.79. The summed E-state index contributed by atoms with van der Waals surface area (Å²) in [4.78, 5) is 29.6. The molecule has 0 amide bonds. The molecule has 0 radical (unpaired) electrons. The fourth-order valence-corrected chi connectivity index (χ4v) is 4.23. The maximum Gasteiger partial charge on any atom is 0.362 e. The minimum atomic E-state index is -0.611. The minimum absolute atomic E-state index is 0.0613. The summed E-state index contributed by atoms with van der Waals surface area (Å²) in [6, 6.07) is 16.1. The van der Waals surface area contributed by atoms with Crippen molar-refractivity contribution in [2.45, 2.75) is 6.61 Å². The van der Waals surface area contributed by atoms with Crippen LogP contribution in [-0.4, -0.2) is 33.1 Å². The van der Waals surface area contributed by atoms with E-state index < -0.39 is 11.6 Å². The Bertz CT molecular complexity index is 1560. The highest BCUT2D eigenvalue weighted by Gasteiger charge is 2.22. The molecule has 0 saturated carbocycles. The first-order chi connectivity index (χ1) is 16.5. The van der Waals surface area contributed by atoms with E-state index in [2.05, 4.69) is 15.3 Å². The number of fused-ring (bicyclic) bond motifs is 1. The molecule has 2 N–H and O–H groups in total. The highest BCUT2D eigenvalue weighted by Crippen LogP contribution is 2.33. The van der Waals surface area contributed by atoms with E-state index in [0.717, 1.165) is 16.9 Å². The lowest BCUT2D eigenvalue weighted by atomic mass is 10.2. The van der Waals surface area contributed by atoms with Crippen molar-refractivity contribution in [3.8, 4) is 22.1 Å². The Labute approximate surface area is 196 Å². The molecule has 0 fully saturated rings. The molecule has 3 heterocycles. The number of methoxy groups -OCH3 is 1. The molecule has 0 aliphatic rings. The van der Waals surface area contributed by atoms with Crippen molar-refractivity contribution in [1.29, 1.82) is 0 Å². The van der Waals surface area contributed by atoms with Crippen LogP contribution in [0.5, 0.6) is 5.88 Å². The monoisotopic (exact) mass is 475 g/mol. The topological polar surface area (TPSA) is 135 Å². The summed E-state index contributed by atoms with van der Waals surface area (Å²) in [7, 11) is 1.29. The van der Waals surface area contributed by atoms with Gasteiger partial charge in [0.15, 0.2) is 10.6 Å². The second-order valence-corrected chi connectivity index (χ2v) is 8.15. The number of carbonyl (C=O) groups is 1. The summed E-state index contributed by atoms with van der Waals surface area (Å²) in [6.07, 6.45) is 1.45. The first-order valence-corrected chi connectivity index (χ1v) is 10.9. The summed E-state index contributed by atoms with van der Waals surface area (Å²) in [6.45, 7) is -0.0613. The van der Waals surface area contributed by atoms with Gasteiger partial charge >= 0.3 is 11.6 Å². The molecule has 0 saturated heterocycles. The fourth-order valence-electron chi connectivity index (χ4n) is 3.29. The van der Waals surface area contributed by atoms with Crippen molar-refractivity contribution in [3.63, 3.8) is 0 Å². The van der Waals surface area contributed by atoms with Gasteiger partial charge in [-0.2, -0.15) is 0 Å². The number of nitrogens with zero attached hydrogens (tertiary/aromatic N) is 4. The van der Waals surface area contributed by atoms with E-state index in [9.17, 15) is 9.59 Å². The molecule has 0 aliphatic heterocycles. The van der Waals surface area contributed by atoms with Crippen LogP contribution < -0.4 is 16.1 Å². The van der Waals surface area contributed by atoms with Crippen molar-refractivity contribution in [2.75, 3.05) is 12.8 Å². The zero-order chi connectivity index (χ0) is 23.7. The lowest BCUT2D eigenvalue weighted by molar-refractivity contribution is 0.0600. The number of hydrogen-bond donors (Lipinski definition) is 1. The normalized spacial score (nSPS) is 11.0. The summed E-state index contributed by atoms with van der Waals surface area (Å²) in [5, 5.41) is 9.18. The number of carbonyl (C=O) groups excluding carboxylic acids is 1. The van der Waals surface area contributed by atoms with E-state index in [1.165, 1.54) is 18.0 Å². The zero-order valence-corrected chi connectivity index (χ0v) is 18.6. The average Bonchev–Trinajstić information content (AvgIpc) is 3.49. The Hall–Kier alpha value is -4.51. The molecular weight excluding hydrogens is 458 g/mol. The lowest BCUT2D eigenvalue weighted by Gasteiger charge is -2.08. The molecule has 11 heteroatoms. The van der Waals surface area contributed by atoms with Crippen LogP contribution in [0.3, 0.4) is 0 Å². The molecule has 5 rings (SSSR count). The van der Waals surface area contributed by atoms with E-state index in [1.54, 1.807) is 24.3 Å². The summed E-state index contributed by atoms with van der Waals surface area (Å²) in [5.74, 6) is -0.444. The molecule has 0 aliphatic carbocycles. The van der Waals surface area contributed by atoms with Gasteiger partial charge in [-0.05, 0) is 18.2 Å². The Morgan fingerprint density at radius 1 is 1.18 bits per heavy atom. The third-order valence-electron chi connectivity index (χ3n) is 4.93. The molecule has 0 bridgehead atoms. The van der Waals surface area contributed by atoms with E-state index in [0.29, 0.717) is 27.4 Å². The van der Waals surface area contributed by atoms with Gasteiger partial charge in [0.2, 0.25) is 5.88 Å². The van der Waals surface area contributed by atoms with Crippen molar-refractivity contribution in [1.82, 2.24) is 20.0 Å². The molecule has 10 nitrogen and oxygen atoms in total. The highest BCUT2D eigenvalue weighted by molar-refractivity contribution is 7.17. The number of esters is 1. The van der Waals surface area contributed by atoms with E-state index >= 15 is 0 Å². The molecule has 5 aromatic rings. The van der Waals surface area contributed by atoms with E-state index in [1.807, 2.05) is 30.3 Å². The minimum Gasteiger partial charge on any atom is -0.470 e. The maximum atomic E-state index is 12.6. The fraction of sp³-hybridized carbons (Fsp3) is 0.0870. The third kappa shape index (κ3) is 3.99. The molecule has 0 spiro atoms. The Morgan fingerprint density at radius 2 is 2.00 bits per heavy atom. The molecule has 3 aromatic heterocycles. The highest BCUT2D eigenvalue weighted by atomic mass is 32.1. The summed E-state index contributed by atoms with van der Waals surface area (Å²) in [5.41, 5.74) is 7.45. The maximum absolute atomic E-state index is 12.6. The van der Waals surface area contributed by atoms with Crippen LogP contribution in [0.15, 0.2) is 70.0 Å². The van der Waals surface area contributed by atoms with Crippen molar-refractivity contribution < 1.29 is 18.7 Å². The van der Waals surface area contributed by atoms with Gasteiger partial charge in [0, 0.05) is 22.7 Å². The lowest BCUT2D eigenvalue weighted by Crippen LogP contribution is -2.15. The largest absolute Gasteiger partial charge is 0.470 e. The standard InChI is InChI=1S/C23H17N5O5S/c1-31-23(30)19-20(26-21(34-19)13-5-3-2-4-6-13)32-12-16-11-25-27-28(16)17-9-14-7-8-15(24)10-18(14)33-22(17)29/h2-11H,12,24H2,1H3. The summed E-state index contributed by atoms with van der Waals surface area (Å²) < 4.78 is 17.5. The van der Waals surface area contributed by atoms with Gasteiger partial charge in [-0.1, -0.05) is 35.5 Å². The van der Waals surface area contributed by atoms with Crippen molar-refractivity contribution in [2.24, 2.45) is 0 Å². The number of nitrogen functional groups attached to an aromatic ring is 1. The number of ether oxygens (including phenoxy) is 2. The van der Waals surface area contributed by atoms with Crippen LogP contribution >= 0.6 is 11.3 Å². The smallest absolute Gasteiger partial charge is 0.362 e. The van der Waals surface area contributed by atoms with Crippen LogP contribution in [0.2, 0.25) is 0 Å². The van der Waals surface area contributed by atoms with Crippen LogP contribution in [0.1, 0.15) is 15.4 Å². The number of aromatic nitrogens is 4. The number of hydrogen-bond acceptors (Lipinski definition) is 10. The molecular formula is C23H17N5O5S. The zero-order valence-electron chi connectivity index (χ0n) is 17.8. The third-order valence-corrected chi connectivity index (χ3v) is 6.00. The molecule has 0 unspecified atom stereocenters. The molecule has 2 aromatic carbocycles. The SMILES string of the molecule is COC(=O)c1sc(-c2ccccc2)nc1OCc1cnnn1-c1cc2ccc(N)cc2oc1=O. The Kier molecular flexibility index (Phi) is 5.52. The average molecular weight is 475 g/mol. The molecule has 34 heavy (non-hydrogen) atoms. The second-order valence-electron chi connectivity index (χ2n) is 7.15. The van der Waals surface area contributed by atoms with Gasteiger partial charge in [-0.15, -0.1) is 16.4 Å². The predicted molar refractivity (Wildman–Crippen MR) is 125 cm³/mol. The van der Waals surface area contributed by atoms with E-state index in [4.69, 9.17) is 19.6 Å². The van der Waals surface area contributed by atoms with Gasteiger partial charge in [0.25, 0.3) is 0 Å². The van der Waals surface area contributed by atoms with Gasteiger partial charge < -0.3 is 19.6 Å². The van der Waals surface area contributed by atoms with Crippen LogP contribution in [0.4, 0.5) is 5.69 Å². The molecule has 170 valence electrons. The number of thiazole rings is 1. The van der Waals surface area contributed by atoms with Gasteiger partial charge in [-0.25, -0.2) is 19.3 Å². The number of nitrogens with two attached hydrogens (primary N) is 1. The Morgan fingerprint density at radius 3 is 2.79 bits per heavy atom. The number of rotatable bonds is 6. The van der Waals surface area contributed by atoms with Crippen molar-refractivity contribution >= 4 is 34.0 Å². The first-order valence-electron chi connectivity index (χ1n) is 10.0. The van der Waals surface area contributed by atoms with E-state index in [-0.39, 0.29) is 23.1 Å². The molecule has 0 atom stereocenters. The number of benzene rings is 2. The predicted octanol–water partition coefficient (Wildman–Crippen LogP) is 3.45. The van der Waals surface area contributed by atoms with Crippen LogP contribution in [0, 0.1) is 0 Å². The Balaban J connectivity index is 1.47. The van der Waals surface area contributed by atoms with Gasteiger partial charge in [0.05, 0.1) is 13.3 Å². The van der Waals surface area contributed by atoms with Crippen molar-refractivity contribution in [3.05, 3.63) is 81.8 Å². The first kappa shape index (κ1) is 21.3. The van der Waals surface area contributed by atoms with Gasteiger partial charge in [0.1, 0.15) is 22.9 Å². The van der Waals surface area contributed by atoms with Gasteiger partial charge in [-0.3, -0.25) is 0 Å².